The SMILES string of the molecule is CN(CCC[C@H]1C(=O)N(C)CCCCC2(CCN(C(=O)OC(C)(C)C)CC2)COCC(=O)N1C)C(=O)Cn1cccn1. The molecule has 0 bridgehead atoms. The van der Waals surface area contributed by atoms with Crippen LogP contribution in [-0.2, 0) is 30.4 Å². The van der Waals surface area contributed by atoms with E-state index in [9.17, 15) is 19.2 Å². The Bertz CT molecular complexity index is 1050. The third kappa shape index (κ3) is 9.71. The molecule has 0 radical (unpaired) electrons. The van der Waals surface area contributed by atoms with E-state index in [0.29, 0.717) is 45.6 Å². The summed E-state index contributed by atoms with van der Waals surface area (Å²) in [5, 5.41) is 4.08. The zero-order chi connectivity index (χ0) is 30.9. The second-order valence-electron chi connectivity index (χ2n) is 12.9. The molecule has 42 heavy (non-hydrogen) atoms. The number of nitrogens with zero attached hydrogens (tertiary/aromatic N) is 6. The molecule has 2 aliphatic rings. The Hall–Kier alpha value is -3.15. The van der Waals surface area contributed by atoms with Gasteiger partial charge < -0.3 is 29.1 Å². The number of hydrogen-bond acceptors (Lipinski definition) is 7. The van der Waals surface area contributed by atoms with Gasteiger partial charge in [-0.05, 0) is 70.8 Å². The molecule has 12 heteroatoms. The monoisotopic (exact) mass is 590 g/mol. The van der Waals surface area contributed by atoms with Gasteiger partial charge in [-0.25, -0.2) is 4.79 Å². The minimum Gasteiger partial charge on any atom is -0.444 e. The molecule has 12 nitrogen and oxygen atoms in total. The van der Waals surface area contributed by atoms with Crippen molar-refractivity contribution in [3.05, 3.63) is 18.5 Å². The van der Waals surface area contributed by atoms with Crippen LogP contribution in [0.25, 0.3) is 0 Å². The Balaban J connectivity index is 1.58. The van der Waals surface area contributed by atoms with Crippen LogP contribution in [0.5, 0.6) is 0 Å². The summed E-state index contributed by atoms with van der Waals surface area (Å²) in [6, 6.07) is 1.14. The summed E-state index contributed by atoms with van der Waals surface area (Å²) in [4.78, 5) is 58.4. The van der Waals surface area contributed by atoms with Crippen LogP contribution in [0.1, 0.15) is 65.7 Å². The molecule has 236 valence electrons. The van der Waals surface area contributed by atoms with Crippen LogP contribution in [0, 0.1) is 5.41 Å². The molecule has 0 aromatic carbocycles. The van der Waals surface area contributed by atoms with Crippen LogP contribution in [0.2, 0.25) is 0 Å². The fraction of sp³-hybridized carbons (Fsp3) is 0.767. The first-order valence-electron chi connectivity index (χ1n) is 15.1. The van der Waals surface area contributed by atoms with Crippen LogP contribution >= 0.6 is 0 Å². The minimum absolute atomic E-state index is 0.0687. The Labute approximate surface area is 250 Å². The highest BCUT2D eigenvalue weighted by molar-refractivity contribution is 5.88. The number of rotatable bonds is 6. The van der Waals surface area contributed by atoms with Crippen molar-refractivity contribution in [3.8, 4) is 0 Å². The largest absolute Gasteiger partial charge is 0.444 e. The standard InChI is InChI=1S/C30H50N6O6/c1-29(2,3)42-28(40)35-19-13-30(14-20-35)12-7-8-16-33(5)27(39)24(34(6)26(38)22-41-23-30)11-9-17-32(4)25(37)21-36-18-10-15-31-36/h10,15,18,24H,7-9,11-14,16-17,19-23H2,1-6H3/t24-/m0/s1. The molecule has 0 aliphatic carbocycles. The van der Waals surface area contributed by atoms with Crippen LogP contribution in [0.3, 0.4) is 0 Å². The molecule has 2 saturated heterocycles. The molecule has 2 fully saturated rings. The number of carbonyl (C=O) groups is 4. The van der Waals surface area contributed by atoms with E-state index >= 15 is 0 Å². The third-order valence-electron chi connectivity index (χ3n) is 8.34. The lowest BCUT2D eigenvalue weighted by Crippen LogP contribution is -2.50. The van der Waals surface area contributed by atoms with Crippen molar-refractivity contribution in [3.63, 3.8) is 0 Å². The van der Waals surface area contributed by atoms with E-state index in [4.69, 9.17) is 9.47 Å². The average molecular weight is 591 g/mol. The van der Waals surface area contributed by atoms with Crippen LogP contribution in [0.15, 0.2) is 18.5 Å². The predicted octanol–water partition coefficient (Wildman–Crippen LogP) is 2.62. The molecular formula is C30H50N6O6. The first-order chi connectivity index (χ1) is 19.8. The van der Waals surface area contributed by atoms with Gasteiger partial charge in [0.1, 0.15) is 24.8 Å². The number of aromatic nitrogens is 2. The second-order valence-corrected chi connectivity index (χ2v) is 12.9. The van der Waals surface area contributed by atoms with Gasteiger partial charge in [0.25, 0.3) is 0 Å². The highest BCUT2D eigenvalue weighted by atomic mass is 16.6. The van der Waals surface area contributed by atoms with Crippen molar-refractivity contribution in [1.82, 2.24) is 29.4 Å². The molecule has 3 rings (SSSR count). The van der Waals surface area contributed by atoms with Crippen molar-refractivity contribution in [2.75, 3.05) is 60.5 Å². The number of hydrogen-bond donors (Lipinski definition) is 0. The van der Waals surface area contributed by atoms with Gasteiger partial charge in [-0.2, -0.15) is 5.10 Å². The van der Waals surface area contributed by atoms with Gasteiger partial charge in [-0.3, -0.25) is 19.1 Å². The van der Waals surface area contributed by atoms with Gasteiger partial charge in [0, 0.05) is 59.7 Å². The lowest BCUT2D eigenvalue weighted by atomic mass is 9.75. The fourth-order valence-electron chi connectivity index (χ4n) is 5.58. The van der Waals surface area contributed by atoms with Crippen molar-refractivity contribution < 1.29 is 28.7 Å². The first kappa shape index (κ1) is 33.4. The van der Waals surface area contributed by atoms with E-state index in [0.717, 1.165) is 32.1 Å². The van der Waals surface area contributed by atoms with Crippen molar-refractivity contribution in [2.24, 2.45) is 5.41 Å². The molecule has 2 aliphatic heterocycles. The highest BCUT2D eigenvalue weighted by Gasteiger charge is 2.38. The van der Waals surface area contributed by atoms with Gasteiger partial charge in [-0.1, -0.05) is 6.42 Å². The zero-order valence-electron chi connectivity index (χ0n) is 26.3. The van der Waals surface area contributed by atoms with E-state index in [2.05, 4.69) is 5.10 Å². The fourth-order valence-corrected chi connectivity index (χ4v) is 5.58. The number of ether oxygens (including phenoxy) is 2. The van der Waals surface area contributed by atoms with Gasteiger partial charge in [0.15, 0.2) is 0 Å². The average Bonchev–Trinajstić information content (AvgIpc) is 3.44. The van der Waals surface area contributed by atoms with Crippen molar-refractivity contribution >= 4 is 23.8 Å². The number of likely N-dealkylation sites (tertiary alicyclic amines) is 1. The maximum atomic E-state index is 13.5. The maximum absolute atomic E-state index is 13.5. The molecule has 4 amide bonds. The summed E-state index contributed by atoms with van der Waals surface area (Å²) in [5.74, 6) is -0.415. The maximum Gasteiger partial charge on any atom is 0.410 e. The molecule has 1 aromatic rings. The van der Waals surface area contributed by atoms with E-state index in [1.807, 2.05) is 20.8 Å². The summed E-state index contributed by atoms with van der Waals surface area (Å²) >= 11 is 0. The van der Waals surface area contributed by atoms with Gasteiger partial charge in [0.05, 0.1) is 6.61 Å². The van der Waals surface area contributed by atoms with E-state index < -0.39 is 11.6 Å². The van der Waals surface area contributed by atoms with E-state index in [-0.39, 0.29) is 42.4 Å². The number of carbonyl (C=O) groups excluding carboxylic acids is 4. The van der Waals surface area contributed by atoms with Gasteiger partial charge in [-0.15, -0.1) is 0 Å². The first-order valence-corrected chi connectivity index (χ1v) is 15.1. The number of piperidine rings is 1. The summed E-state index contributed by atoms with van der Waals surface area (Å²) in [7, 11) is 5.18. The molecular weight excluding hydrogens is 540 g/mol. The quantitative estimate of drug-likeness (QED) is 0.500. The Kier molecular flexibility index (Phi) is 11.8. The topological polar surface area (TPSA) is 118 Å². The summed E-state index contributed by atoms with van der Waals surface area (Å²) < 4.78 is 13.2. The normalized spacial score (nSPS) is 21.0. The number of likely N-dealkylation sites (N-methyl/N-ethyl adjacent to an activating group) is 3. The molecule has 0 unspecified atom stereocenters. The molecule has 1 atom stereocenters. The minimum atomic E-state index is -0.632. The Morgan fingerprint density at radius 1 is 1.12 bits per heavy atom. The molecule has 1 spiro atoms. The lowest BCUT2D eigenvalue weighted by molar-refractivity contribution is -0.147. The number of amides is 4. The van der Waals surface area contributed by atoms with Gasteiger partial charge in [0.2, 0.25) is 17.7 Å². The Morgan fingerprint density at radius 3 is 2.48 bits per heavy atom. The second kappa shape index (κ2) is 14.8. The van der Waals surface area contributed by atoms with Crippen molar-refractivity contribution in [2.45, 2.75) is 83.9 Å². The molecule has 1 aromatic heterocycles. The van der Waals surface area contributed by atoms with Crippen LogP contribution in [-0.4, -0.2) is 125 Å². The summed E-state index contributed by atoms with van der Waals surface area (Å²) in [6.07, 6.45) is 8.32. The predicted molar refractivity (Wildman–Crippen MR) is 157 cm³/mol. The van der Waals surface area contributed by atoms with E-state index in [1.165, 1.54) is 4.90 Å². The lowest BCUT2D eigenvalue weighted by Gasteiger charge is -2.42. The molecule has 0 N–H and O–H groups in total. The summed E-state index contributed by atoms with van der Waals surface area (Å²) in [6.45, 7) is 8.32. The molecule has 3 heterocycles. The summed E-state index contributed by atoms with van der Waals surface area (Å²) in [5.41, 5.74) is -0.663. The third-order valence-corrected chi connectivity index (χ3v) is 8.34. The smallest absolute Gasteiger partial charge is 0.410 e. The Morgan fingerprint density at radius 2 is 1.83 bits per heavy atom. The van der Waals surface area contributed by atoms with E-state index in [1.54, 1.807) is 59.0 Å². The van der Waals surface area contributed by atoms with Crippen molar-refractivity contribution in [1.29, 1.82) is 0 Å². The highest BCUT2D eigenvalue weighted by Crippen LogP contribution is 2.37. The molecule has 0 saturated carbocycles. The van der Waals surface area contributed by atoms with Crippen LogP contribution in [0.4, 0.5) is 4.79 Å². The van der Waals surface area contributed by atoms with Crippen LogP contribution < -0.4 is 0 Å². The zero-order valence-corrected chi connectivity index (χ0v) is 26.3. The van der Waals surface area contributed by atoms with Gasteiger partial charge >= 0.3 is 6.09 Å².